The van der Waals surface area contributed by atoms with Crippen molar-refractivity contribution in [3.8, 4) is 6.07 Å². The summed E-state index contributed by atoms with van der Waals surface area (Å²) in [6, 6.07) is 6.85. The van der Waals surface area contributed by atoms with Crippen LogP contribution in [0.1, 0.15) is 23.2 Å². The van der Waals surface area contributed by atoms with Gasteiger partial charge in [0.05, 0.1) is 11.1 Å². The molecule has 1 aromatic heterocycles. The molecule has 0 radical (unpaired) electrons. The standard InChI is InChI=1S/C13H9F3N2/c14-13(15,16)12-10(7-17)9-5-1-3-8-4-2-6-18(12)11(8)9/h1,3,5H,2,4,6H2. The lowest BCUT2D eigenvalue weighted by Crippen LogP contribution is -2.17. The number of benzene rings is 1. The molecule has 0 aliphatic carbocycles. The van der Waals surface area contributed by atoms with Gasteiger partial charge in [0, 0.05) is 11.9 Å². The van der Waals surface area contributed by atoms with Crippen LogP contribution in [0.5, 0.6) is 0 Å². The fraction of sp³-hybridized carbons (Fsp3) is 0.308. The van der Waals surface area contributed by atoms with Gasteiger partial charge in [0.15, 0.2) is 0 Å². The van der Waals surface area contributed by atoms with Crippen LogP contribution in [-0.2, 0) is 19.1 Å². The summed E-state index contributed by atoms with van der Waals surface area (Å²) in [6.45, 7) is 0.323. The SMILES string of the molecule is N#Cc1c(C(F)(F)F)n2c3c(cccc13)CCC2. The third-order valence-electron chi connectivity index (χ3n) is 3.37. The van der Waals surface area contributed by atoms with Gasteiger partial charge in [-0.25, -0.2) is 0 Å². The highest BCUT2D eigenvalue weighted by Gasteiger charge is 2.40. The van der Waals surface area contributed by atoms with E-state index in [1.165, 1.54) is 4.57 Å². The first-order valence-electron chi connectivity index (χ1n) is 5.65. The van der Waals surface area contributed by atoms with Gasteiger partial charge >= 0.3 is 6.18 Å². The molecule has 5 heteroatoms. The molecule has 1 aromatic carbocycles. The van der Waals surface area contributed by atoms with E-state index in [9.17, 15) is 13.2 Å². The molecule has 0 unspecified atom stereocenters. The number of aromatic nitrogens is 1. The van der Waals surface area contributed by atoms with Crippen molar-refractivity contribution in [2.75, 3.05) is 0 Å². The van der Waals surface area contributed by atoms with Crippen LogP contribution in [0.4, 0.5) is 13.2 Å². The number of hydrogen-bond donors (Lipinski definition) is 0. The van der Waals surface area contributed by atoms with Crippen molar-refractivity contribution in [3.63, 3.8) is 0 Å². The van der Waals surface area contributed by atoms with Crippen LogP contribution < -0.4 is 0 Å². The third kappa shape index (κ3) is 1.35. The number of rotatable bonds is 0. The van der Waals surface area contributed by atoms with Crippen LogP contribution in [-0.4, -0.2) is 4.57 Å². The molecule has 0 atom stereocenters. The molecule has 0 bridgehead atoms. The maximum Gasteiger partial charge on any atom is 0.432 e. The van der Waals surface area contributed by atoms with Crippen LogP contribution in [0, 0.1) is 11.3 Å². The zero-order valence-corrected chi connectivity index (χ0v) is 9.38. The van der Waals surface area contributed by atoms with Gasteiger partial charge in [-0.3, -0.25) is 0 Å². The second-order valence-corrected chi connectivity index (χ2v) is 4.40. The number of nitriles is 1. The highest BCUT2D eigenvalue weighted by atomic mass is 19.4. The van der Waals surface area contributed by atoms with Gasteiger partial charge in [0.25, 0.3) is 0 Å². The Kier molecular flexibility index (Phi) is 2.18. The Hall–Kier alpha value is -1.96. The molecule has 0 fully saturated rings. The lowest BCUT2D eigenvalue weighted by molar-refractivity contribution is -0.143. The first-order chi connectivity index (χ1) is 8.54. The van der Waals surface area contributed by atoms with Crippen molar-refractivity contribution >= 4 is 10.9 Å². The maximum atomic E-state index is 13.1. The molecule has 0 saturated carbocycles. The monoisotopic (exact) mass is 250 g/mol. The molecular weight excluding hydrogens is 241 g/mol. The highest BCUT2D eigenvalue weighted by Crippen LogP contribution is 2.40. The third-order valence-corrected chi connectivity index (χ3v) is 3.37. The molecule has 0 amide bonds. The average molecular weight is 250 g/mol. The Bertz CT molecular complexity index is 674. The van der Waals surface area contributed by atoms with E-state index >= 15 is 0 Å². The molecule has 0 saturated heterocycles. The van der Waals surface area contributed by atoms with Crippen LogP contribution in [0.15, 0.2) is 18.2 Å². The van der Waals surface area contributed by atoms with Gasteiger partial charge in [0.1, 0.15) is 11.8 Å². The van der Waals surface area contributed by atoms with Crippen LogP contribution >= 0.6 is 0 Å². The summed E-state index contributed by atoms with van der Waals surface area (Å²) in [5, 5.41) is 9.46. The number of aryl methyl sites for hydroxylation is 2. The minimum absolute atomic E-state index is 0.249. The van der Waals surface area contributed by atoms with E-state index in [0.29, 0.717) is 23.9 Å². The molecule has 92 valence electrons. The zero-order chi connectivity index (χ0) is 12.9. The smallest absolute Gasteiger partial charge is 0.336 e. The number of hydrogen-bond acceptors (Lipinski definition) is 1. The second kappa shape index (κ2) is 3.52. The second-order valence-electron chi connectivity index (χ2n) is 4.40. The Morgan fingerprint density at radius 1 is 1.28 bits per heavy atom. The van der Waals surface area contributed by atoms with Crippen LogP contribution in [0.3, 0.4) is 0 Å². The van der Waals surface area contributed by atoms with Crippen LogP contribution in [0.2, 0.25) is 0 Å². The molecule has 1 aliphatic heterocycles. The van der Waals surface area contributed by atoms with Gasteiger partial charge < -0.3 is 4.57 Å². The quantitative estimate of drug-likeness (QED) is 0.703. The summed E-state index contributed by atoms with van der Waals surface area (Å²) in [7, 11) is 0. The molecule has 0 N–H and O–H groups in total. The van der Waals surface area contributed by atoms with E-state index in [1.54, 1.807) is 18.2 Å². The van der Waals surface area contributed by atoms with E-state index in [-0.39, 0.29) is 5.56 Å². The lowest BCUT2D eigenvalue weighted by Gasteiger charge is -2.18. The molecule has 18 heavy (non-hydrogen) atoms. The van der Waals surface area contributed by atoms with Gasteiger partial charge in [-0.05, 0) is 18.4 Å². The Balaban J connectivity index is 2.51. The lowest BCUT2D eigenvalue weighted by atomic mass is 10.0. The first-order valence-corrected chi connectivity index (χ1v) is 5.65. The fourth-order valence-corrected chi connectivity index (χ4v) is 2.75. The van der Waals surface area contributed by atoms with Crippen molar-refractivity contribution in [1.82, 2.24) is 4.57 Å². The maximum absolute atomic E-state index is 13.1. The van der Waals surface area contributed by atoms with Gasteiger partial charge in [-0.1, -0.05) is 18.2 Å². The summed E-state index contributed by atoms with van der Waals surface area (Å²) in [4.78, 5) is 0. The van der Waals surface area contributed by atoms with Crippen molar-refractivity contribution < 1.29 is 13.2 Å². The average Bonchev–Trinajstić information content (AvgIpc) is 2.66. The molecule has 2 heterocycles. The van der Waals surface area contributed by atoms with Crippen molar-refractivity contribution in [2.24, 2.45) is 0 Å². The Morgan fingerprint density at radius 3 is 2.72 bits per heavy atom. The summed E-state index contributed by atoms with van der Waals surface area (Å²) in [6.07, 6.45) is -3.04. The Labute approximate surface area is 101 Å². The van der Waals surface area contributed by atoms with E-state index in [4.69, 9.17) is 5.26 Å². The molecular formula is C13H9F3N2. The molecule has 1 aliphatic rings. The van der Waals surface area contributed by atoms with E-state index in [2.05, 4.69) is 0 Å². The molecule has 3 rings (SSSR count). The normalized spacial score (nSPS) is 14.8. The molecule has 2 aromatic rings. The van der Waals surface area contributed by atoms with Crippen molar-refractivity contribution in [3.05, 3.63) is 35.0 Å². The highest BCUT2D eigenvalue weighted by molar-refractivity contribution is 5.91. The predicted molar refractivity (Wildman–Crippen MR) is 60.0 cm³/mol. The number of halogens is 3. The summed E-state index contributed by atoms with van der Waals surface area (Å²) < 4.78 is 40.6. The summed E-state index contributed by atoms with van der Waals surface area (Å²) in [5.74, 6) is 0. The van der Waals surface area contributed by atoms with Crippen LogP contribution in [0.25, 0.3) is 10.9 Å². The minimum Gasteiger partial charge on any atom is -0.336 e. The number of para-hydroxylation sites is 1. The summed E-state index contributed by atoms with van der Waals surface area (Å²) in [5.41, 5.74) is 0.423. The minimum atomic E-state index is -4.49. The molecule has 2 nitrogen and oxygen atoms in total. The van der Waals surface area contributed by atoms with Crippen molar-refractivity contribution in [2.45, 2.75) is 25.6 Å². The van der Waals surface area contributed by atoms with Gasteiger partial charge in [0.2, 0.25) is 0 Å². The summed E-state index contributed by atoms with van der Waals surface area (Å²) >= 11 is 0. The number of nitrogens with zero attached hydrogens (tertiary/aromatic N) is 2. The number of alkyl halides is 3. The van der Waals surface area contributed by atoms with E-state index in [1.807, 2.05) is 6.07 Å². The largest absolute Gasteiger partial charge is 0.432 e. The molecule has 0 spiro atoms. The first kappa shape index (κ1) is 11.1. The van der Waals surface area contributed by atoms with E-state index in [0.717, 1.165) is 12.0 Å². The van der Waals surface area contributed by atoms with Crippen molar-refractivity contribution in [1.29, 1.82) is 5.26 Å². The van der Waals surface area contributed by atoms with E-state index < -0.39 is 11.9 Å². The van der Waals surface area contributed by atoms with Gasteiger partial charge in [-0.15, -0.1) is 0 Å². The topological polar surface area (TPSA) is 28.7 Å². The Morgan fingerprint density at radius 2 is 2.06 bits per heavy atom. The zero-order valence-electron chi connectivity index (χ0n) is 9.38. The fourth-order valence-electron chi connectivity index (χ4n) is 2.75. The predicted octanol–water partition coefficient (Wildman–Crippen LogP) is 3.48. The van der Waals surface area contributed by atoms with Gasteiger partial charge in [-0.2, -0.15) is 18.4 Å².